The van der Waals surface area contributed by atoms with Crippen LogP contribution in [0.3, 0.4) is 0 Å². The Kier molecular flexibility index (Phi) is 3.53. The number of carbonyl (C=O) groups is 1. The van der Waals surface area contributed by atoms with E-state index in [0.29, 0.717) is 23.6 Å². The van der Waals surface area contributed by atoms with E-state index in [9.17, 15) is 4.79 Å². The lowest BCUT2D eigenvalue weighted by Crippen LogP contribution is -2.05. The summed E-state index contributed by atoms with van der Waals surface area (Å²) in [5.74, 6) is 0.182. The Bertz CT molecular complexity index is 361. The maximum Gasteiger partial charge on any atom is 0.137 e. The van der Waals surface area contributed by atoms with Crippen molar-refractivity contribution in [2.45, 2.75) is 26.7 Å². The third-order valence-electron chi connectivity index (χ3n) is 2.34. The van der Waals surface area contributed by atoms with Gasteiger partial charge in [-0.3, -0.25) is 4.79 Å². The van der Waals surface area contributed by atoms with E-state index in [1.54, 1.807) is 12.1 Å². The number of hydrogen-bond acceptors (Lipinski definition) is 2. The summed E-state index contributed by atoms with van der Waals surface area (Å²) in [6.07, 6.45) is 0.917. The fourth-order valence-electron chi connectivity index (χ4n) is 1.31. The van der Waals surface area contributed by atoms with Crippen molar-refractivity contribution >= 4 is 23.1 Å². The second-order valence-electron chi connectivity index (χ2n) is 3.31. The molecule has 0 bridgehead atoms. The molecule has 0 saturated carbocycles. The normalized spacial score (nSPS) is 10.2. The molecule has 0 amide bonds. The second kappa shape index (κ2) is 4.47. The van der Waals surface area contributed by atoms with Crippen LogP contribution in [0.5, 0.6) is 0 Å². The van der Waals surface area contributed by atoms with Gasteiger partial charge in [-0.05, 0) is 30.2 Å². The molecule has 1 aromatic carbocycles. The quantitative estimate of drug-likeness (QED) is 0.782. The van der Waals surface area contributed by atoms with Gasteiger partial charge in [0, 0.05) is 23.6 Å². The molecule has 0 atom stereocenters. The number of benzene rings is 1. The number of nitrogen functional groups attached to an aromatic ring is 1. The molecular weight excluding hydrogens is 198 g/mol. The van der Waals surface area contributed by atoms with E-state index in [2.05, 4.69) is 0 Å². The number of hydrogen-bond donors (Lipinski definition) is 1. The Labute approximate surface area is 89.1 Å². The first-order valence-electron chi connectivity index (χ1n) is 4.61. The topological polar surface area (TPSA) is 43.1 Å². The van der Waals surface area contributed by atoms with E-state index in [4.69, 9.17) is 17.3 Å². The molecule has 0 radical (unpaired) electrons. The summed E-state index contributed by atoms with van der Waals surface area (Å²) in [6.45, 7) is 3.73. The van der Waals surface area contributed by atoms with Gasteiger partial charge >= 0.3 is 0 Å². The summed E-state index contributed by atoms with van der Waals surface area (Å²) in [5.41, 5.74) is 8.21. The van der Waals surface area contributed by atoms with Crippen molar-refractivity contribution in [1.82, 2.24) is 0 Å². The van der Waals surface area contributed by atoms with E-state index in [1.807, 2.05) is 13.8 Å². The highest BCUT2D eigenvalue weighted by Crippen LogP contribution is 2.25. The number of halogens is 1. The van der Waals surface area contributed by atoms with E-state index in [-0.39, 0.29) is 5.78 Å². The molecule has 14 heavy (non-hydrogen) atoms. The minimum Gasteiger partial charge on any atom is -0.398 e. The molecule has 1 aromatic rings. The zero-order valence-corrected chi connectivity index (χ0v) is 9.19. The van der Waals surface area contributed by atoms with Crippen molar-refractivity contribution < 1.29 is 4.79 Å². The van der Waals surface area contributed by atoms with Gasteiger partial charge in [-0.15, -0.1) is 0 Å². The third-order valence-corrected chi connectivity index (χ3v) is 2.75. The van der Waals surface area contributed by atoms with Gasteiger partial charge < -0.3 is 5.73 Å². The molecule has 2 N–H and O–H groups in total. The molecule has 0 saturated heterocycles. The SMILES string of the molecule is CCC(=O)Cc1c(N)ccc(Cl)c1C. The molecule has 0 aliphatic heterocycles. The van der Waals surface area contributed by atoms with E-state index >= 15 is 0 Å². The van der Waals surface area contributed by atoms with Crippen LogP contribution in [0.1, 0.15) is 24.5 Å². The van der Waals surface area contributed by atoms with Crippen LogP contribution in [0.15, 0.2) is 12.1 Å². The van der Waals surface area contributed by atoms with Gasteiger partial charge in [0.15, 0.2) is 0 Å². The van der Waals surface area contributed by atoms with Gasteiger partial charge in [-0.1, -0.05) is 18.5 Å². The van der Waals surface area contributed by atoms with Crippen molar-refractivity contribution in [2.75, 3.05) is 5.73 Å². The number of anilines is 1. The smallest absolute Gasteiger partial charge is 0.137 e. The van der Waals surface area contributed by atoms with Gasteiger partial charge in [0.25, 0.3) is 0 Å². The first-order chi connectivity index (χ1) is 6.56. The molecule has 0 aliphatic carbocycles. The minimum absolute atomic E-state index is 0.182. The summed E-state index contributed by atoms with van der Waals surface area (Å²) >= 11 is 5.95. The fraction of sp³-hybridized carbons (Fsp3) is 0.364. The standard InChI is InChI=1S/C11H14ClNO/c1-3-8(14)6-9-7(2)10(12)4-5-11(9)13/h4-5H,3,6,13H2,1-2H3. The molecule has 2 nitrogen and oxygen atoms in total. The first kappa shape index (κ1) is 11.1. The fourth-order valence-corrected chi connectivity index (χ4v) is 1.48. The average molecular weight is 212 g/mol. The minimum atomic E-state index is 0.182. The van der Waals surface area contributed by atoms with Crippen LogP contribution in [-0.2, 0) is 11.2 Å². The zero-order valence-electron chi connectivity index (χ0n) is 8.43. The lowest BCUT2D eigenvalue weighted by Gasteiger charge is -2.09. The van der Waals surface area contributed by atoms with Gasteiger partial charge in [-0.25, -0.2) is 0 Å². The highest BCUT2D eigenvalue weighted by atomic mass is 35.5. The number of Topliss-reactive ketones (excluding diaryl/α,β-unsaturated/α-hetero) is 1. The van der Waals surface area contributed by atoms with Gasteiger partial charge in [0.05, 0.1) is 0 Å². The average Bonchev–Trinajstić information content (AvgIpc) is 2.18. The Morgan fingerprint density at radius 3 is 2.71 bits per heavy atom. The van der Waals surface area contributed by atoms with Crippen LogP contribution in [0, 0.1) is 6.92 Å². The van der Waals surface area contributed by atoms with Crippen LogP contribution >= 0.6 is 11.6 Å². The molecule has 0 fully saturated rings. The second-order valence-corrected chi connectivity index (χ2v) is 3.72. The van der Waals surface area contributed by atoms with Crippen LogP contribution in [-0.4, -0.2) is 5.78 Å². The Balaban J connectivity index is 3.06. The van der Waals surface area contributed by atoms with E-state index < -0.39 is 0 Å². The Morgan fingerprint density at radius 2 is 2.14 bits per heavy atom. The zero-order chi connectivity index (χ0) is 10.7. The molecule has 0 heterocycles. The van der Waals surface area contributed by atoms with Crippen LogP contribution in [0.2, 0.25) is 5.02 Å². The van der Waals surface area contributed by atoms with Gasteiger partial charge in [0.2, 0.25) is 0 Å². The third kappa shape index (κ3) is 2.26. The van der Waals surface area contributed by atoms with Crippen LogP contribution in [0.4, 0.5) is 5.69 Å². The molecule has 0 unspecified atom stereocenters. The predicted octanol–water partition coefficient (Wildman–Crippen LogP) is 2.75. The number of ketones is 1. The van der Waals surface area contributed by atoms with Crippen molar-refractivity contribution in [3.63, 3.8) is 0 Å². The lowest BCUT2D eigenvalue weighted by atomic mass is 10.0. The van der Waals surface area contributed by atoms with E-state index in [0.717, 1.165) is 11.1 Å². The molecule has 0 spiro atoms. The molecule has 3 heteroatoms. The maximum absolute atomic E-state index is 11.3. The highest BCUT2D eigenvalue weighted by Gasteiger charge is 2.09. The number of carbonyl (C=O) groups excluding carboxylic acids is 1. The van der Waals surface area contributed by atoms with Crippen LogP contribution < -0.4 is 5.73 Å². The summed E-state index contributed by atoms with van der Waals surface area (Å²) in [5, 5.41) is 0.665. The van der Waals surface area contributed by atoms with Crippen molar-refractivity contribution in [1.29, 1.82) is 0 Å². The summed E-state index contributed by atoms with van der Waals surface area (Å²) in [6, 6.07) is 3.50. The van der Waals surface area contributed by atoms with Crippen molar-refractivity contribution in [3.05, 3.63) is 28.3 Å². The van der Waals surface area contributed by atoms with Crippen LogP contribution in [0.25, 0.3) is 0 Å². The summed E-state index contributed by atoms with van der Waals surface area (Å²) in [4.78, 5) is 11.3. The Morgan fingerprint density at radius 1 is 1.50 bits per heavy atom. The number of rotatable bonds is 3. The monoisotopic (exact) mass is 211 g/mol. The number of nitrogens with two attached hydrogens (primary N) is 1. The van der Waals surface area contributed by atoms with Crippen molar-refractivity contribution in [2.24, 2.45) is 0 Å². The first-order valence-corrected chi connectivity index (χ1v) is 4.99. The Hall–Kier alpha value is -1.02. The molecular formula is C11H14ClNO. The molecule has 0 aliphatic rings. The molecule has 0 aromatic heterocycles. The predicted molar refractivity (Wildman–Crippen MR) is 59.6 cm³/mol. The van der Waals surface area contributed by atoms with Crippen molar-refractivity contribution in [3.8, 4) is 0 Å². The van der Waals surface area contributed by atoms with Gasteiger partial charge in [0.1, 0.15) is 5.78 Å². The highest BCUT2D eigenvalue weighted by molar-refractivity contribution is 6.31. The summed E-state index contributed by atoms with van der Waals surface area (Å²) in [7, 11) is 0. The summed E-state index contributed by atoms with van der Waals surface area (Å²) < 4.78 is 0. The van der Waals surface area contributed by atoms with Gasteiger partial charge in [-0.2, -0.15) is 0 Å². The lowest BCUT2D eigenvalue weighted by molar-refractivity contribution is -0.118. The molecule has 1 rings (SSSR count). The molecule has 76 valence electrons. The largest absolute Gasteiger partial charge is 0.398 e. The maximum atomic E-state index is 11.3. The van der Waals surface area contributed by atoms with E-state index in [1.165, 1.54) is 0 Å².